The van der Waals surface area contributed by atoms with E-state index in [1.54, 1.807) is 12.1 Å². The smallest absolute Gasteiger partial charge is 0.507 e. The number of aromatic hydroxyl groups is 1. The van der Waals surface area contributed by atoms with Crippen molar-refractivity contribution in [1.82, 2.24) is 0 Å². The van der Waals surface area contributed by atoms with Gasteiger partial charge in [-0.1, -0.05) is 12.1 Å². The van der Waals surface area contributed by atoms with Crippen molar-refractivity contribution < 1.29 is 54.2 Å². The molecule has 0 radical (unpaired) electrons. The van der Waals surface area contributed by atoms with Crippen molar-refractivity contribution in [3.8, 4) is 5.75 Å². The molecule has 0 saturated heterocycles. The summed E-state index contributed by atoms with van der Waals surface area (Å²) >= 11 is 0. The summed E-state index contributed by atoms with van der Waals surface area (Å²) in [5, 5.41) is 25.7. The van der Waals surface area contributed by atoms with Gasteiger partial charge in [-0.15, -0.1) is 0 Å². The Hall–Kier alpha value is -0.590. The van der Waals surface area contributed by atoms with E-state index in [2.05, 4.69) is 21.1 Å². The van der Waals surface area contributed by atoms with Crippen LogP contribution in [-0.2, 0) is 0 Å². The molecule has 6 heteroatoms. The number of aromatic carboxylic acids is 1. The number of rotatable bonds is 3. The van der Waals surface area contributed by atoms with Crippen molar-refractivity contribution in [2.24, 2.45) is 0 Å². The van der Waals surface area contributed by atoms with E-state index in [0.29, 0.717) is 0 Å². The molecular weight excluding hydrogens is 245 g/mol. The van der Waals surface area contributed by atoms with Gasteiger partial charge in [0.15, 0.2) is 0 Å². The molecule has 1 aromatic carbocycles. The van der Waals surface area contributed by atoms with Gasteiger partial charge in [0.05, 0.1) is 27.7 Å². The van der Waals surface area contributed by atoms with Crippen molar-refractivity contribution in [2.45, 2.75) is 0 Å². The second-order valence-electron chi connectivity index (χ2n) is 4.56. The van der Waals surface area contributed by atoms with Crippen LogP contribution in [0.3, 0.4) is 0 Å². The van der Waals surface area contributed by atoms with E-state index in [0.717, 1.165) is 11.0 Å². The molecule has 0 heterocycles. The van der Waals surface area contributed by atoms with Crippen LogP contribution in [0.4, 0.5) is 0 Å². The average Bonchev–Trinajstić information content (AvgIpc) is 2.16. The van der Waals surface area contributed by atoms with Crippen LogP contribution in [0.15, 0.2) is 24.3 Å². The van der Waals surface area contributed by atoms with E-state index < -0.39 is 5.97 Å². The number of quaternary nitrogens is 1. The van der Waals surface area contributed by atoms with E-state index in [1.165, 1.54) is 12.1 Å². The van der Waals surface area contributed by atoms with Crippen LogP contribution in [0, 0.1) is 0 Å². The zero-order valence-corrected chi connectivity index (χ0v) is 13.4. The molecule has 0 aliphatic heterocycles. The van der Waals surface area contributed by atoms with E-state index in [-0.39, 0.29) is 47.5 Å². The number of phenols is 1. The molecule has 0 aliphatic rings. The standard InChI is InChI=1S/C7H6O3.C5H14NO.Na/c8-6-4-2-1-3-5(6)7(9)10;1-6(2,3)4-5-7;/h1-4,8H,(H,9,10);7H,4-5H2,1-3H3;/q;2*+1. The topological polar surface area (TPSA) is 77.8 Å². The Morgan fingerprint density at radius 3 is 1.94 bits per heavy atom. The first kappa shape index (κ1) is 19.7. The van der Waals surface area contributed by atoms with Crippen molar-refractivity contribution in [3.63, 3.8) is 0 Å². The number of benzene rings is 1. The van der Waals surface area contributed by atoms with Crippen LogP contribution in [0.25, 0.3) is 0 Å². The number of carboxylic acids is 1. The summed E-state index contributed by atoms with van der Waals surface area (Å²) < 4.78 is 0.844. The second-order valence-corrected chi connectivity index (χ2v) is 4.56. The van der Waals surface area contributed by atoms with Crippen LogP contribution in [0.2, 0.25) is 0 Å². The Balaban J connectivity index is 0. The first-order valence-corrected chi connectivity index (χ1v) is 5.20. The zero-order valence-electron chi connectivity index (χ0n) is 11.4. The molecule has 18 heavy (non-hydrogen) atoms. The maximum atomic E-state index is 10.3. The number of aliphatic hydroxyl groups is 1. The maximum Gasteiger partial charge on any atom is 1.00 e. The summed E-state index contributed by atoms with van der Waals surface area (Å²) in [6, 6.07) is 5.81. The molecule has 0 bridgehead atoms. The summed E-state index contributed by atoms with van der Waals surface area (Å²) in [6.07, 6.45) is 0. The van der Waals surface area contributed by atoms with Gasteiger partial charge < -0.3 is 19.8 Å². The third-order valence-corrected chi connectivity index (χ3v) is 1.91. The summed E-state index contributed by atoms with van der Waals surface area (Å²) in [5.74, 6) is -1.31. The zero-order chi connectivity index (χ0) is 13.5. The molecule has 96 valence electrons. The Morgan fingerprint density at radius 2 is 1.72 bits per heavy atom. The fourth-order valence-electron chi connectivity index (χ4n) is 0.954. The molecule has 0 fully saturated rings. The van der Waals surface area contributed by atoms with Crippen LogP contribution in [0.5, 0.6) is 5.75 Å². The van der Waals surface area contributed by atoms with Gasteiger partial charge in [-0.05, 0) is 12.1 Å². The molecule has 1 aromatic rings. The molecule has 0 saturated carbocycles. The molecule has 1 rings (SSSR count). The summed E-state index contributed by atoms with van der Waals surface area (Å²) in [6.45, 7) is 1.11. The number of aliphatic hydroxyl groups excluding tert-OH is 1. The van der Waals surface area contributed by atoms with Gasteiger partial charge >= 0.3 is 35.5 Å². The monoisotopic (exact) mass is 265 g/mol. The number of hydrogen-bond acceptors (Lipinski definition) is 3. The SMILES string of the molecule is C[N+](C)(C)CCO.O=C(O)c1ccccc1O.[Na+]. The number of hydrogen-bond donors (Lipinski definition) is 3. The quantitative estimate of drug-likeness (QED) is 0.427. The molecule has 0 atom stereocenters. The number of likely N-dealkylation sites (N-methyl/N-ethyl adjacent to an activating group) is 1. The van der Waals surface area contributed by atoms with Gasteiger partial charge in [0.25, 0.3) is 0 Å². The Labute approximate surface area is 130 Å². The van der Waals surface area contributed by atoms with Crippen molar-refractivity contribution in [3.05, 3.63) is 29.8 Å². The second kappa shape index (κ2) is 9.35. The summed E-state index contributed by atoms with van der Waals surface area (Å²) in [7, 11) is 6.16. The largest absolute Gasteiger partial charge is 1.00 e. The number of para-hydroxylation sites is 1. The predicted molar refractivity (Wildman–Crippen MR) is 65.1 cm³/mol. The molecule has 0 aliphatic carbocycles. The Morgan fingerprint density at radius 1 is 1.22 bits per heavy atom. The van der Waals surface area contributed by atoms with E-state index >= 15 is 0 Å². The minimum absolute atomic E-state index is 0. The Kier molecular flexibility index (Phi) is 10.3. The van der Waals surface area contributed by atoms with Crippen molar-refractivity contribution >= 4 is 5.97 Å². The molecule has 3 N–H and O–H groups in total. The van der Waals surface area contributed by atoms with Gasteiger partial charge in [-0.3, -0.25) is 0 Å². The number of nitrogens with zero attached hydrogens (tertiary/aromatic N) is 1. The fourth-order valence-corrected chi connectivity index (χ4v) is 0.954. The van der Waals surface area contributed by atoms with Gasteiger partial charge in [-0.2, -0.15) is 0 Å². The number of carboxylic acid groups (broad SMARTS) is 1. The van der Waals surface area contributed by atoms with Crippen molar-refractivity contribution in [1.29, 1.82) is 0 Å². The van der Waals surface area contributed by atoms with Gasteiger partial charge in [0.1, 0.15) is 17.9 Å². The van der Waals surface area contributed by atoms with Gasteiger partial charge in [0.2, 0.25) is 0 Å². The van der Waals surface area contributed by atoms with Gasteiger partial charge in [0, 0.05) is 0 Å². The van der Waals surface area contributed by atoms with E-state index in [9.17, 15) is 4.79 Å². The van der Waals surface area contributed by atoms with Crippen LogP contribution in [-0.4, -0.2) is 60.1 Å². The van der Waals surface area contributed by atoms with Crippen LogP contribution in [0.1, 0.15) is 10.4 Å². The van der Waals surface area contributed by atoms with Crippen LogP contribution < -0.4 is 29.6 Å². The molecule has 0 spiro atoms. The fraction of sp³-hybridized carbons (Fsp3) is 0.417. The van der Waals surface area contributed by atoms with E-state index in [4.69, 9.17) is 15.3 Å². The summed E-state index contributed by atoms with van der Waals surface area (Å²) in [5.41, 5.74) is -0.0671. The predicted octanol–water partition coefficient (Wildman–Crippen LogP) is -2.22. The molecule has 0 aromatic heterocycles. The minimum Gasteiger partial charge on any atom is -0.507 e. The maximum absolute atomic E-state index is 10.3. The molecule has 5 nitrogen and oxygen atoms in total. The van der Waals surface area contributed by atoms with Gasteiger partial charge in [-0.25, -0.2) is 4.79 Å². The molecule has 0 amide bonds. The molecular formula is C12H20NNaO4+2. The third-order valence-electron chi connectivity index (χ3n) is 1.91. The first-order valence-electron chi connectivity index (χ1n) is 5.20. The van der Waals surface area contributed by atoms with Crippen molar-refractivity contribution in [2.75, 3.05) is 34.3 Å². The Bertz CT molecular complexity index is 363. The third kappa shape index (κ3) is 9.44. The summed E-state index contributed by atoms with van der Waals surface area (Å²) in [4.78, 5) is 10.3. The van der Waals surface area contributed by atoms with E-state index in [1.807, 2.05) is 0 Å². The first-order chi connectivity index (χ1) is 7.78. The normalized spacial score (nSPS) is 9.78. The minimum atomic E-state index is -1.11. The average molecular weight is 265 g/mol. The number of carbonyl (C=O) groups is 1. The van der Waals surface area contributed by atoms with Crippen LogP contribution >= 0.6 is 0 Å². The molecule has 0 unspecified atom stereocenters.